The van der Waals surface area contributed by atoms with E-state index in [2.05, 4.69) is 14.9 Å². The van der Waals surface area contributed by atoms with Crippen LogP contribution in [0.4, 0.5) is 0 Å². The second-order valence-electron chi connectivity index (χ2n) is 4.29. The Hall–Kier alpha value is -1.43. The lowest BCUT2D eigenvalue weighted by Crippen LogP contribution is -2.36. The molecular weight excluding hydrogens is 230 g/mol. The molecule has 0 fully saturated rings. The number of fused-ring (bicyclic) bond motifs is 1. The van der Waals surface area contributed by atoms with Crippen LogP contribution in [0.25, 0.3) is 11.0 Å². The van der Waals surface area contributed by atoms with Crippen molar-refractivity contribution in [2.24, 2.45) is 7.05 Å². The van der Waals surface area contributed by atoms with Crippen molar-refractivity contribution in [1.82, 2.24) is 14.9 Å². The normalized spacial score (nSPS) is 13.1. The first-order valence-corrected chi connectivity index (χ1v) is 5.99. The van der Waals surface area contributed by atoms with Gasteiger partial charge < -0.3 is 19.7 Å². The minimum Gasteiger partial charge on any atom is -0.395 e. The zero-order chi connectivity index (χ0) is 13.0. The summed E-state index contributed by atoms with van der Waals surface area (Å²) < 4.78 is 7.08. The summed E-state index contributed by atoms with van der Waals surface area (Å²) in [5.74, 6) is 0.950. The molecule has 5 heteroatoms. The van der Waals surface area contributed by atoms with Crippen LogP contribution in [-0.2, 0) is 18.3 Å². The van der Waals surface area contributed by atoms with Crippen molar-refractivity contribution < 1.29 is 9.84 Å². The van der Waals surface area contributed by atoms with Crippen LogP contribution in [0.1, 0.15) is 5.82 Å². The molecular formula is C13H19N3O2. The van der Waals surface area contributed by atoms with Crippen LogP contribution in [0, 0.1) is 0 Å². The minimum absolute atomic E-state index is 0.0534. The second kappa shape index (κ2) is 5.95. The van der Waals surface area contributed by atoms with Crippen LogP contribution in [0.5, 0.6) is 0 Å². The summed E-state index contributed by atoms with van der Waals surface area (Å²) in [6.07, 6.45) is 0. The van der Waals surface area contributed by atoms with Gasteiger partial charge in [0.15, 0.2) is 0 Å². The number of aliphatic hydroxyl groups excluding tert-OH is 1. The fourth-order valence-corrected chi connectivity index (χ4v) is 1.97. The first-order chi connectivity index (χ1) is 8.76. The first-order valence-electron chi connectivity index (χ1n) is 5.99. The first kappa shape index (κ1) is 13.0. The lowest BCUT2D eigenvalue weighted by molar-refractivity contribution is 0.127. The summed E-state index contributed by atoms with van der Waals surface area (Å²) in [6, 6.07) is 7.97. The second-order valence-corrected chi connectivity index (χ2v) is 4.29. The molecule has 2 N–H and O–H groups in total. The van der Waals surface area contributed by atoms with Gasteiger partial charge in [0.05, 0.1) is 36.8 Å². The smallest absolute Gasteiger partial charge is 0.123 e. The monoisotopic (exact) mass is 249 g/mol. The molecule has 0 radical (unpaired) electrons. The summed E-state index contributed by atoms with van der Waals surface area (Å²) in [7, 11) is 3.62. The van der Waals surface area contributed by atoms with Crippen molar-refractivity contribution in [1.29, 1.82) is 0 Å². The van der Waals surface area contributed by atoms with Crippen LogP contribution in [-0.4, -0.2) is 41.0 Å². The lowest BCUT2D eigenvalue weighted by Gasteiger charge is -2.14. The van der Waals surface area contributed by atoms with E-state index in [9.17, 15) is 5.11 Å². The number of benzene rings is 1. The van der Waals surface area contributed by atoms with Crippen molar-refractivity contribution in [2.75, 3.05) is 20.3 Å². The molecule has 0 aliphatic rings. The number of aryl methyl sites for hydroxylation is 1. The molecule has 1 aromatic heterocycles. The lowest BCUT2D eigenvalue weighted by atomic mass is 10.3. The largest absolute Gasteiger partial charge is 0.395 e. The molecule has 1 unspecified atom stereocenters. The Kier molecular flexibility index (Phi) is 4.30. The highest BCUT2D eigenvalue weighted by Gasteiger charge is 2.10. The minimum atomic E-state index is -0.0604. The number of hydrogen-bond donors (Lipinski definition) is 2. The van der Waals surface area contributed by atoms with Crippen molar-refractivity contribution >= 4 is 11.0 Å². The maximum absolute atomic E-state index is 9.17. The highest BCUT2D eigenvalue weighted by molar-refractivity contribution is 5.75. The topological polar surface area (TPSA) is 59.3 Å². The molecule has 0 amide bonds. The van der Waals surface area contributed by atoms with Crippen LogP contribution >= 0.6 is 0 Å². The number of para-hydroxylation sites is 2. The van der Waals surface area contributed by atoms with E-state index in [0.717, 1.165) is 16.9 Å². The zero-order valence-electron chi connectivity index (χ0n) is 10.8. The molecule has 0 aliphatic carbocycles. The van der Waals surface area contributed by atoms with Crippen molar-refractivity contribution in [3.63, 3.8) is 0 Å². The molecule has 1 atom stereocenters. The molecule has 1 heterocycles. The van der Waals surface area contributed by atoms with Crippen molar-refractivity contribution in [3.05, 3.63) is 30.1 Å². The molecule has 2 aromatic rings. The van der Waals surface area contributed by atoms with Gasteiger partial charge in [0.2, 0.25) is 0 Å². The van der Waals surface area contributed by atoms with E-state index in [4.69, 9.17) is 4.74 Å². The Balaban J connectivity index is 2.09. The summed E-state index contributed by atoms with van der Waals surface area (Å²) in [5, 5.41) is 12.4. The van der Waals surface area contributed by atoms with E-state index in [-0.39, 0.29) is 12.6 Å². The quantitative estimate of drug-likeness (QED) is 0.790. The third kappa shape index (κ3) is 2.69. The Morgan fingerprint density at radius 3 is 2.89 bits per heavy atom. The fraction of sp³-hybridized carbons (Fsp3) is 0.462. The number of imidazole rings is 1. The van der Waals surface area contributed by atoms with Crippen LogP contribution in [0.2, 0.25) is 0 Å². The van der Waals surface area contributed by atoms with Crippen LogP contribution in [0.3, 0.4) is 0 Å². The van der Waals surface area contributed by atoms with Crippen LogP contribution < -0.4 is 5.32 Å². The summed E-state index contributed by atoms with van der Waals surface area (Å²) >= 11 is 0. The molecule has 1 aromatic carbocycles. The van der Waals surface area contributed by atoms with E-state index in [1.165, 1.54) is 0 Å². The number of nitrogens with zero attached hydrogens (tertiary/aromatic N) is 2. The van der Waals surface area contributed by atoms with E-state index in [0.29, 0.717) is 13.2 Å². The Morgan fingerprint density at radius 2 is 2.22 bits per heavy atom. The van der Waals surface area contributed by atoms with Gasteiger partial charge in [-0.15, -0.1) is 0 Å². The molecule has 5 nitrogen and oxygen atoms in total. The predicted octanol–water partition coefficient (Wildman–Crippen LogP) is 0.670. The molecule has 0 saturated heterocycles. The van der Waals surface area contributed by atoms with E-state index < -0.39 is 0 Å². The van der Waals surface area contributed by atoms with Gasteiger partial charge in [0.1, 0.15) is 5.82 Å². The van der Waals surface area contributed by atoms with E-state index in [1.807, 2.05) is 31.3 Å². The fourth-order valence-electron chi connectivity index (χ4n) is 1.97. The number of rotatable bonds is 6. The van der Waals surface area contributed by atoms with E-state index in [1.54, 1.807) is 7.11 Å². The average molecular weight is 249 g/mol. The maximum Gasteiger partial charge on any atom is 0.123 e. The molecule has 18 heavy (non-hydrogen) atoms. The van der Waals surface area contributed by atoms with Gasteiger partial charge in [0, 0.05) is 14.2 Å². The van der Waals surface area contributed by atoms with Gasteiger partial charge in [0.25, 0.3) is 0 Å². The Labute approximate surface area is 106 Å². The number of aromatic nitrogens is 2. The van der Waals surface area contributed by atoms with Gasteiger partial charge >= 0.3 is 0 Å². The van der Waals surface area contributed by atoms with E-state index >= 15 is 0 Å². The van der Waals surface area contributed by atoms with Crippen molar-refractivity contribution in [3.8, 4) is 0 Å². The third-order valence-corrected chi connectivity index (χ3v) is 3.02. The average Bonchev–Trinajstić information content (AvgIpc) is 2.72. The van der Waals surface area contributed by atoms with Gasteiger partial charge in [-0.1, -0.05) is 12.1 Å². The molecule has 0 bridgehead atoms. The molecule has 98 valence electrons. The number of methoxy groups -OCH3 is 1. The molecule has 0 spiro atoms. The number of hydrogen-bond acceptors (Lipinski definition) is 4. The standard InChI is InChI=1S/C13H19N3O2/c1-16-12-6-4-3-5-11(12)15-13(16)7-14-10(8-17)9-18-2/h3-6,10,14,17H,7-9H2,1-2H3. The number of ether oxygens (including phenoxy) is 1. The SMILES string of the molecule is COCC(CO)NCc1nc2ccccc2n1C. The highest BCUT2D eigenvalue weighted by Crippen LogP contribution is 2.13. The Morgan fingerprint density at radius 1 is 1.44 bits per heavy atom. The third-order valence-electron chi connectivity index (χ3n) is 3.02. The molecule has 0 aliphatic heterocycles. The number of nitrogens with one attached hydrogen (secondary N) is 1. The molecule has 2 rings (SSSR count). The molecule has 0 saturated carbocycles. The zero-order valence-corrected chi connectivity index (χ0v) is 10.8. The van der Waals surface area contributed by atoms with Gasteiger partial charge in [-0.05, 0) is 12.1 Å². The maximum atomic E-state index is 9.17. The van der Waals surface area contributed by atoms with Gasteiger partial charge in [-0.3, -0.25) is 0 Å². The predicted molar refractivity (Wildman–Crippen MR) is 70.3 cm³/mol. The summed E-state index contributed by atoms with van der Waals surface area (Å²) in [6.45, 7) is 1.15. The van der Waals surface area contributed by atoms with Crippen LogP contribution in [0.15, 0.2) is 24.3 Å². The highest BCUT2D eigenvalue weighted by atomic mass is 16.5. The van der Waals surface area contributed by atoms with Gasteiger partial charge in [-0.25, -0.2) is 4.98 Å². The van der Waals surface area contributed by atoms with Gasteiger partial charge in [-0.2, -0.15) is 0 Å². The summed E-state index contributed by atoms with van der Waals surface area (Å²) in [5.41, 5.74) is 2.10. The van der Waals surface area contributed by atoms with Crippen molar-refractivity contribution in [2.45, 2.75) is 12.6 Å². The Bertz CT molecular complexity index is 510. The summed E-state index contributed by atoms with van der Waals surface area (Å²) in [4.78, 5) is 4.56. The number of aliphatic hydroxyl groups is 1.